The zero-order valence-electron chi connectivity index (χ0n) is 14.7. The molecule has 0 aliphatic carbocycles. The normalized spacial score (nSPS) is 20.3. The van der Waals surface area contributed by atoms with Gasteiger partial charge >= 0.3 is 0 Å². The summed E-state index contributed by atoms with van der Waals surface area (Å²) in [5, 5.41) is 19.5. The van der Waals surface area contributed by atoms with Crippen LogP contribution in [0.5, 0.6) is 0 Å². The van der Waals surface area contributed by atoms with Gasteiger partial charge in [0.15, 0.2) is 0 Å². The zero-order valence-corrected chi connectivity index (χ0v) is 14.7. The summed E-state index contributed by atoms with van der Waals surface area (Å²) in [5.74, 6) is 0.998. The van der Waals surface area contributed by atoms with E-state index >= 15 is 0 Å². The Labute approximate surface area is 146 Å². The summed E-state index contributed by atoms with van der Waals surface area (Å²) in [5.41, 5.74) is 4.26. The predicted molar refractivity (Wildman–Crippen MR) is 96.4 cm³/mol. The number of non-ortho nitro benzene ring substituents is 1. The maximum Gasteiger partial charge on any atom is 0.271 e. The number of nitrogens with one attached hydrogen (secondary N) is 1. The van der Waals surface area contributed by atoms with Crippen LogP contribution in [-0.4, -0.2) is 39.7 Å². The molecule has 0 radical (unpaired) electrons. The number of likely N-dealkylation sites (tertiary alicyclic amines) is 1. The number of nitro benzene ring substituents is 1. The standard InChI is InChI=1S/C18H23N5O2/c1-12-6-7-13(23(24)25)11-16(12)22-18-14(8-9-19-18)17(20-22)15-5-3-4-10-21(15)2/h6-7,11,15,19H,3-5,8-10H2,1-2H3. The number of benzene rings is 1. The quantitative estimate of drug-likeness (QED) is 0.685. The SMILES string of the molecule is Cc1ccc([N+](=O)[O-])cc1-n1nc(C2CCCCN2C)c2c1NCC2. The highest BCUT2D eigenvalue weighted by Gasteiger charge is 2.31. The Morgan fingerprint density at radius 3 is 2.96 bits per heavy atom. The van der Waals surface area contributed by atoms with Crippen molar-refractivity contribution in [3.8, 4) is 5.69 Å². The van der Waals surface area contributed by atoms with Gasteiger partial charge in [-0.05, 0) is 45.3 Å². The molecule has 1 unspecified atom stereocenters. The highest BCUT2D eigenvalue weighted by Crippen LogP contribution is 2.38. The molecule has 1 fully saturated rings. The second kappa shape index (κ2) is 6.15. The minimum atomic E-state index is -0.351. The first-order valence-electron chi connectivity index (χ1n) is 8.87. The summed E-state index contributed by atoms with van der Waals surface area (Å²) < 4.78 is 1.88. The molecule has 2 aliphatic rings. The van der Waals surface area contributed by atoms with Crippen LogP contribution in [0.1, 0.15) is 42.1 Å². The molecule has 25 heavy (non-hydrogen) atoms. The smallest absolute Gasteiger partial charge is 0.271 e. The summed E-state index contributed by atoms with van der Waals surface area (Å²) in [7, 11) is 2.16. The number of anilines is 1. The van der Waals surface area contributed by atoms with Crippen molar-refractivity contribution >= 4 is 11.5 Å². The fourth-order valence-corrected chi connectivity index (χ4v) is 4.00. The van der Waals surface area contributed by atoms with Crippen LogP contribution in [0.25, 0.3) is 5.69 Å². The van der Waals surface area contributed by atoms with Gasteiger partial charge in [0.25, 0.3) is 5.69 Å². The monoisotopic (exact) mass is 341 g/mol. The van der Waals surface area contributed by atoms with Crippen molar-refractivity contribution in [2.24, 2.45) is 0 Å². The average Bonchev–Trinajstić information content (AvgIpc) is 3.18. The fourth-order valence-electron chi connectivity index (χ4n) is 4.00. The van der Waals surface area contributed by atoms with Gasteiger partial charge in [-0.25, -0.2) is 4.68 Å². The predicted octanol–water partition coefficient (Wildman–Crippen LogP) is 3.21. The first-order valence-corrected chi connectivity index (χ1v) is 8.87. The molecule has 3 heterocycles. The summed E-state index contributed by atoms with van der Waals surface area (Å²) in [6.07, 6.45) is 4.54. The molecule has 1 N–H and O–H groups in total. The van der Waals surface area contributed by atoms with Crippen molar-refractivity contribution in [2.75, 3.05) is 25.5 Å². The largest absolute Gasteiger partial charge is 0.369 e. The van der Waals surface area contributed by atoms with Crippen molar-refractivity contribution in [2.45, 2.75) is 38.6 Å². The van der Waals surface area contributed by atoms with E-state index in [1.807, 2.05) is 11.6 Å². The first-order chi connectivity index (χ1) is 12.1. The molecule has 0 bridgehead atoms. The molecule has 1 aromatic heterocycles. The van der Waals surface area contributed by atoms with E-state index in [2.05, 4.69) is 17.3 Å². The highest BCUT2D eigenvalue weighted by atomic mass is 16.6. The molecule has 0 saturated carbocycles. The fraction of sp³-hybridized carbons (Fsp3) is 0.500. The van der Waals surface area contributed by atoms with E-state index in [1.54, 1.807) is 18.2 Å². The summed E-state index contributed by atoms with van der Waals surface area (Å²) in [6.45, 7) is 3.95. The Morgan fingerprint density at radius 1 is 1.36 bits per heavy atom. The maximum absolute atomic E-state index is 11.2. The molecule has 1 saturated heterocycles. The van der Waals surface area contributed by atoms with Gasteiger partial charge in [-0.1, -0.05) is 12.5 Å². The molecular formula is C18H23N5O2. The lowest BCUT2D eigenvalue weighted by atomic mass is 9.97. The number of aromatic nitrogens is 2. The molecule has 2 aromatic rings. The Morgan fingerprint density at radius 2 is 2.20 bits per heavy atom. The van der Waals surface area contributed by atoms with Crippen LogP contribution in [0.3, 0.4) is 0 Å². The topological polar surface area (TPSA) is 76.2 Å². The van der Waals surface area contributed by atoms with Gasteiger partial charge in [-0.2, -0.15) is 5.10 Å². The first kappa shape index (κ1) is 16.1. The number of hydrogen-bond acceptors (Lipinski definition) is 5. The Bertz CT molecular complexity index is 829. The number of nitro groups is 1. The molecule has 0 amide bonds. The molecule has 2 aliphatic heterocycles. The maximum atomic E-state index is 11.2. The van der Waals surface area contributed by atoms with Gasteiger partial charge in [0.05, 0.1) is 22.3 Å². The van der Waals surface area contributed by atoms with Crippen LogP contribution in [-0.2, 0) is 6.42 Å². The highest BCUT2D eigenvalue weighted by molar-refractivity contribution is 5.60. The summed E-state index contributed by atoms with van der Waals surface area (Å²) >= 11 is 0. The Balaban J connectivity index is 1.83. The van der Waals surface area contributed by atoms with E-state index < -0.39 is 0 Å². The molecule has 7 heteroatoms. The second-order valence-electron chi connectivity index (χ2n) is 7.02. The minimum absolute atomic E-state index is 0.0965. The van der Waals surface area contributed by atoms with E-state index in [-0.39, 0.29) is 10.6 Å². The lowest BCUT2D eigenvalue weighted by Crippen LogP contribution is -2.30. The van der Waals surface area contributed by atoms with Crippen molar-refractivity contribution in [1.29, 1.82) is 0 Å². The van der Waals surface area contributed by atoms with Gasteiger partial charge in [0.1, 0.15) is 5.82 Å². The number of hydrogen-bond donors (Lipinski definition) is 1. The summed E-state index contributed by atoms with van der Waals surface area (Å²) in [4.78, 5) is 13.2. The van der Waals surface area contributed by atoms with Gasteiger partial charge in [0.2, 0.25) is 0 Å². The molecule has 4 rings (SSSR count). The number of aryl methyl sites for hydroxylation is 1. The van der Waals surface area contributed by atoms with Crippen LogP contribution in [0, 0.1) is 17.0 Å². The second-order valence-corrected chi connectivity index (χ2v) is 7.02. The van der Waals surface area contributed by atoms with Crippen molar-refractivity contribution in [3.63, 3.8) is 0 Å². The van der Waals surface area contributed by atoms with Gasteiger partial charge in [-0.15, -0.1) is 0 Å². The molecule has 1 aromatic carbocycles. The van der Waals surface area contributed by atoms with Crippen molar-refractivity contribution in [1.82, 2.24) is 14.7 Å². The van der Waals surface area contributed by atoms with E-state index in [4.69, 9.17) is 5.10 Å². The van der Waals surface area contributed by atoms with Crippen molar-refractivity contribution in [3.05, 3.63) is 45.1 Å². The van der Waals surface area contributed by atoms with E-state index in [1.165, 1.54) is 18.4 Å². The van der Waals surface area contributed by atoms with Crippen LogP contribution in [0.15, 0.2) is 18.2 Å². The number of fused-ring (bicyclic) bond motifs is 1. The molecular weight excluding hydrogens is 318 g/mol. The van der Waals surface area contributed by atoms with Crippen LogP contribution in [0.2, 0.25) is 0 Å². The van der Waals surface area contributed by atoms with E-state index in [0.717, 1.165) is 48.7 Å². The van der Waals surface area contributed by atoms with Gasteiger partial charge in [0, 0.05) is 24.2 Å². The Kier molecular flexibility index (Phi) is 3.95. The van der Waals surface area contributed by atoms with Gasteiger partial charge in [-0.3, -0.25) is 15.0 Å². The molecule has 0 spiro atoms. The number of rotatable bonds is 3. The minimum Gasteiger partial charge on any atom is -0.369 e. The number of piperidine rings is 1. The summed E-state index contributed by atoms with van der Waals surface area (Å²) in [6, 6.07) is 5.30. The van der Waals surface area contributed by atoms with Crippen LogP contribution < -0.4 is 5.32 Å². The Hall–Kier alpha value is -2.41. The van der Waals surface area contributed by atoms with E-state index in [9.17, 15) is 10.1 Å². The van der Waals surface area contributed by atoms with Gasteiger partial charge < -0.3 is 5.32 Å². The number of nitrogens with zero attached hydrogens (tertiary/aromatic N) is 4. The molecule has 1 atom stereocenters. The average molecular weight is 341 g/mol. The van der Waals surface area contributed by atoms with Crippen molar-refractivity contribution < 1.29 is 4.92 Å². The molecule has 7 nitrogen and oxygen atoms in total. The molecule has 132 valence electrons. The third-order valence-electron chi connectivity index (χ3n) is 5.40. The van der Waals surface area contributed by atoms with Crippen LogP contribution in [0.4, 0.5) is 11.5 Å². The van der Waals surface area contributed by atoms with E-state index in [0.29, 0.717) is 6.04 Å². The van der Waals surface area contributed by atoms with Crippen LogP contribution >= 0.6 is 0 Å². The lowest BCUT2D eigenvalue weighted by Gasteiger charge is -2.31. The third kappa shape index (κ3) is 2.68. The third-order valence-corrected chi connectivity index (χ3v) is 5.40. The zero-order chi connectivity index (χ0) is 17.6. The lowest BCUT2D eigenvalue weighted by molar-refractivity contribution is -0.384.